The molecular weight excluding hydrogens is 492 g/mol. The maximum atomic E-state index is 14.2. The Balaban J connectivity index is 1.67. The topological polar surface area (TPSA) is 49.9 Å². The molecule has 3 unspecified atom stereocenters. The summed E-state index contributed by atoms with van der Waals surface area (Å²) in [7, 11) is 0.452. The maximum Gasteiger partial charge on any atom is 0.229 e. The van der Waals surface area contributed by atoms with Gasteiger partial charge in [-0.3, -0.25) is 4.79 Å². The second-order valence-corrected chi connectivity index (χ2v) is 12.2. The molecule has 1 heterocycles. The number of carbonyl (C=O) groups is 1. The second-order valence-electron chi connectivity index (χ2n) is 10.4. The van der Waals surface area contributed by atoms with Crippen LogP contribution in [0.3, 0.4) is 0 Å². The fourth-order valence-corrected chi connectivity index (χ4v) is 6.26. The fourth-order valence-electron chi connectivity index (χ4n) is 5.45. The van der Waals surface area contributed by atoms with Gasteiger partial charge in [-0.1, -0.05) is 48.9 Å². The summed E-state index contributed by atoms with van der Waals surface area (Å²) >= 11 is 6.19. The molecule has 1 aliphatic heterocycles. The minimum atomic E-state index is -1.20. The minimum absolute atomic E-state index is 0.0165. The normalized spacial score (nSPS) is 24.0. The quantitative estimate of drug-likeness (QED) is 0.328. The number of ether oxygens (including phenoxy) is 1. The molecule has 0 bridgehead atoms. The molecule has 4 atom stereocenters. The summed E-state index contributed by atoms with van der Waals surface area (Å²) in [5, 5.41) is 0.688. The third kappa shape index (κ3) is 6.04. The first-order valence-corrected chi connectivity index (χ1v) is 14.6. The first-order valence-electron chi connectivity index (χ1n) is 12.7. The third-order valence-corrected chi connectivity index (χ3v) is 8.93. The summed E-state index contributed by atoms with van der Waals surface area (Å²) in [6, 6.07) is 15.7. The van der Waals surface area contributed by atoms with Crippen LogP contribution in [0.4, 0.5) is 0 Å². The monoisotopic (exact) mass is 528 g/mol. The van der Waals surface area contributed by atoms with Gasteiger partial charge in [-0.05, 0) is 73.4 Å². The van der Waals surface area contributed by atoms with E-state index in [9.17, 15) is 9.00 Å². The Morgan fingerprint density at radius 2 is 1.97 bits per heavy atom. The van der Waals surface area contributed by atoms with Crippen LogP contribution in [0.1, 0.15) is 56.2 Å². The molecule has 2 aliphatic rings. The van der Waals surface area contributed by atoms with Crippen molar-refractivity contribution in [3.63, 3.8) is 0 Å². The Hall–Kier alpha value is -2.15. The van der Waals surface area contributed by atoms with Crippen molar-refractivity contribution in [1.82, 2.24) is 9.21 Å². The number of likely N-dealkylation sites (tertiary alicyclic amines) is 1. The van der Waals surface area contributed by atoms with Crippen molar-refractivity contribution < 1.29 is 13.7 Å². The van der Waals surface area contributed by atoms with Gasteiger partial charge in [0.05, 0.1) is 29.6 Å². The van der Waals surface area contributed by atoms with E-state index in [1.807, 2.05) is 58.9 Å². The van der Waals surface area contributed by atoms with E-state index in [1.165, 1.54) is 0 Å². The molecule has 5 nitrogen and oxygen atoms in total. The van der Waals surface area contributed by atoms with Gasteiger partial charge in [-0.25, -0.2) is 8.51 Å². The Bertz CT molecular complexity index is 1100. The van der Waals surface area contributed by atoms with E-state index in [2.05, 4.69) is 18.4 Å². The molecule has 0 spiro atoms. The molecule has 1 saturated carbocycles. The number of hydrogen-bond donors (Lipinski definition) is 0. The lowest BCUT2D eigenvalue weighted by atomic mass is 9.74. The highest BCUT2D eigenvalue weighted by Gasteiger charge is 2.49. The van der Waals surface area contributed by atoms with Gasteiger partial charge in [0.1, 0.15) is 5.75 Å². The van der Waals surface area contributed by atoms with Crippen LogP contribution >= 0.6 is 11.6 Å². The van der Waals surface area contributed by atoms with Crippen molar-refractivity contribution in [2.45, 2.75) is 57.7 Å². The highest BCUT2D eigenvalue weighted by Crippen LogP contribution is 2.48. The third-order valence-electron chi connectivity index (χ3n) is 7.68. The number of piperidine rings is 1. The predicted octanol–water partition coefficient (Wildman–Crippen LogP) is 6.17. The molecule has 4 rings (SSSR count). The van der Waals surface area contributed by atoms with Crippen LogP contribution in [0.2, 0.25) is 5.02 Å². The van der Waals surface area contributed by atoms with Gasteiger partial charge in [0.15, 0.2) is 0 Å². The number of amides is 1. The summed E-state index contributed by atoms with van der Waals surface area (Å²) in [6.45, 7) is 7.08. The first-order chi connectivity index (χ1) is 17.3. The highest BCUT2D eigenvalue weighted by molar-refractivity contribution is 7.81. The number of carbonyl (C=O) groups excluding carboxylic acids is 1. The fraction of sp³-hybridized carbons (Fsp3) is 0.483. The van der Waals surface area contributed by atoms with Crippen LogP contribution < -0.4 is 4.74 Å². The highest BCUT2D eigenvalue weighted by atomic mass is 35.5. The molecule has 0 aromatic heterocycles. The lowest BCUT2D eigenvalue weighted by molar-refractivity contribution is -0.153. The van der Waals surface area contributed by atoms with Crippen LogP contribution in [-0.2, 0) is 22.3 Å². The van der Waals surface area contributed by atoms with Crippen molar-refractivity contribution in [1.29, 1.82) is 0 Å². The zero-order valence-electron chi connectivity index (χ0n) is 21.5. The molecule has 1 saturated heterocycles. The molecule has 7 heteroatoms. The van der Waals surface area contributed by atoms with Crippen LogP contribution in [-0.4, -0.2) is 45.3 Å². The number of halogens is 1. The molecule has 194 valence electrons. The zero-order chi connectivity index (χ0) is 25.9. The number of rotatable bonds is 11. The van der Waals surface area contributed by atoms with E-state index in [0.717, 1.165) is 42.6 Å². The molecule has 2 fully saturated rings. The molecule has 2 aromatic carbocycles. The molecule has 0 radical (unpaired) electrons. The van der Waals surface area contributed by atoms with E-state index < -0.39 is 16.4 Å². The van der Waals surface area contributed by atoms with E-state index in [4.69, 9.17) is 16.3 Å². The van der Waals surface area contributed by atoms with Gasteiger partial charge in [-0.2, -0.15) is 0 Å². The van der Waals surface area contributed by atoms with E-state index in [1.54, 1.807) is 13.4 Å². The van der Waals surface area contributed by atoms with E-state index in [-0.39, 0.29) is 18.0 Å². The lowest BCUT2D eigenvalue weighted by Crippen LogP contribution is -2.56. The van der Waals surface area contributed by atoms with Gasteiger partial charge in [0.2, 0.25) is 5.91 Å². The SMILES string of the molecule is C=CC[C@@]1(C)CCC(c2ccc(Cl)cc2)N(C(CN(Cc2cccc(OC)c2)S(C)=O)C2CC2)C1=O. The average molecular weight is 529 g/mol. The van der Waals surface area contributed by atoms with Crippen LogP contribution in [0, 0.1) is 11.3 Å². The maximum absolute atomic E-state index is 14.2. The number of nitrogens with zero attached hydrogens (tertiary/aromatic N) is 2. The largest absolute Gasteiger partial charge is 0.497 e. The molecule has 1 amide bonds. The summed E-state index contributed by atoms with van der Waals surface area (Å²) in [6.07, 6.45) is 8.10. The van der Waals surface area contributed by atoms with Gasteiger partial charge in [0.25, 0.3) is 0 Å². The van der Waals surface area contributed by atoms with Crippen molar-refractivity contribution >= 4 is 28.5 Å². The van der Waals surface area contributed by atoms with Crippen LogP contribution in [0.25, 0.3) is 0 Å². The van der Waals surface area contributed by atoms with Gasteiger partial charge >= 0.3 is 0 Å². The van der Waals surface area contributed by atoms with Crippen molar-refractivity contribution in [2.75, 3.05) is 19.9 Å². The lowest BCUT2D eigenvalue weighted by Gasteiger charge is -2.49. The summed E-state index contributed by atoms with van der Waals surface area (Å²) in [4.78, 5) is 16.3. The van der Waals surface area contributed by atoms with E-state index in [0.29, 0.717) is 30.5 Å². The van der Waals surface area contributed by atoms with Crippen LogP contribution in [0.5, 0.6) is 5.75 Å². The zero-order valence-corrected chi connectivity index (χ0v) is 23.1. The number of benzene rings is 2. The van der Waals surface area contributed by atoms with Crippen molar-refractivity contribution in [2.24, 2.45) is 11.3 Å². The smallest absolute Gasteiger partial charge is 0.229 e. The molecule has 36 heavy (non-hydrogen) atoms. The Labute approximate surface area is 223 Å². The summed E-state index contributed by atoms with van der Waals surface area (Å²) < 4.78 is 20.3. The Kier molecular flexibility index (Phi) is 8.59. The molecule has 0 N–H and O–H groups in total. The van der Waals surface area contributed by atoms with E-state index >= 15 is 0 Å². The molecule has 1 aliphatic carbocycles. The summed E-state index contributed by atoms with van der Waals surface area (Å²) in [5.74, 6) is 1.36. The second kappa shape index (κ2) is 11.5. The molecular formula is C29H37ClN2O3S. The van der Waals surface area contributed by atoms with Crippen molar-refractivity contribution in [3.8, 4) is 5.75 Å². The van der Waals surface area contributed by atoms with Gasteiger partial charge in [-0.15, -0.1) is 6.58 Å². The number of methoxy groups -OCH3 is 1. The Morgan fingerprint density at radius 3 is 2.58 bits per heavy atom. The number of hydrogen-bond acceptors (Lipinski definition) is 3. The Morgan fingerprint density at radius 1 is 1.25 bits per heavy atom. The first kappa shape index (κ1) is 26.9. The van der Waals surface area contributed by atoms with Gasteiger partial charge in [0, 0.05) is 30.4 Å². The average Bonchev–Trinajstić information content (AvgIpc) is 3.70. The van der Waals surface area contributed by atoms with Gasteiger partial charge < -0.3 is 9.64 Å². The standard InChI is InChI=1S/C29H37ClN2O3S/c1-5-16-29(2)17-15-26(22-11-13-24(30)14-12-22)32(28(29)33)27(23-9-10-23)20-31(36(4)34)19-21-7-6-8-25(18-21)35-3/h5-8,11-14,18,23,26-27H,1,9-10,15-17,19-20H2,2-4H3/t26?,27?,29-,36?/m0/s1. The minimum Gasteiger partial charge on any atom is -0.497 e. The van der Waals surface area contributed by atoms with Crippen molar-refractivity contribution in [3.05, 3.63) is 77.3 Å². The van der Waals surface area contributed by atoms with Crippen LogP contribution in [0.15, 0.2) is 61.2 Å². The number of allylic oxidation sites excluding steroid dienone is 1. The predicted molar refractivity (Wildman–Crippen MR) is 147 cm³/mol. The summed E-state index contributed by atoms with van der Waals surface area (Å²) in [5.41, 5.74) is 1.67. The molecule has 2 aromatic rings.